The van der Waals surface area contributed by atoms with E-state index in [1.54, 1.807) is 0 Å². The first-order valence-electron chi connectivity index (χ1n) is 3.45. The summed E-state index contributed by atoms with van der Waals surface area (Å²) in [6.07, 6.45) is -5.19. The number of piperidine rings is 1. The van der Waals surface area contributed by atoms with Gasteiger partial charge < -0.3 is 10.4 Å². The highest BCUT2D eigenvalue weighted by Crippen LogP contribution is 2.30. The number of aliphatic hydroxyl groups excluding tert-OH is 1. The van der Waals surface area contributed by atoms with Crippen LogP contribution in [0.3, 0.4) is 0 Å². The summed E-state index contributed by atoms with van der Waals surface area (Å²) in [6, 6.07) is 0. The molecule has 0 aliphatic carbocycles. The minimum Gasteiger partial charge on any atom is -0.392 e. The van der Waals surface area contributed by atoms with Crippen LogP contribution in [0, 0.1) is 5.92 Å². The fourth-order valence-corrected chi connectivity index (χ4v) is 1.17. The van der Waals surface area contributed by atoms with Crippen LogP contribution in [0.5, 0.6) is 0 Å². The number of aliphatic hydroxyl groups is 1. The minimum absolute atomic E-state index is 0. The molecule has 1 aliphatic heterocycles. The van der Waals surface area contributed by atoms with Gasteiger partial charge in [0.1, 0.15) is 0 Å². The maximum absolute atomic E-state index is 12.0. The molecule has 0 radical (unpaired) electrons. The maximum Gasteiger partial charge on any atom is 0.393 e. The van der Waals surface area contributed by atoms with Crippen molar-refractivity contribution in [3.8, 4) is 0 Å². The Labute approximate surface area is 74.6 Å². The monoisotopic (exact) mass is 205 g/mol. The average molecular weight is 206 g/mol. The van der Waals surface area contributed by atoms with Crippen molar-refractivity contribution >= 4 is 12.4 Å². The Bertz CT molecular complexity index is 141. The highest BCUT2D eigenvalue weighted by atomic mass is 35.5. The van der Waals surface area contributed by atoms with Gasteiger partial charge in [-0.25, -0.2) is 0 Å². The summed E-state index contributed by atoms with van der Waals surface area (Å²) < 4.78 is 35.9. The number of nitrogens with one attached hydrogen (secondary N) is 1. The Morgan fingerprint density at radius 1 is 1.25 bits per heavy atom. The highest BCUT2D eigenvalue weighted by Gasteiger charge is 2.41. The lowest BCUT2D eigenvalue weighted by atomic mass is 9.97. The van der Waals surface area contributed by atoms with Gasteiger partial charge in [0.05, 0.1) is 12.0 Å². The van der Waals surface area contributed by atoms with Gasteiger partial charge in [-0.1, -0.05) is 0 Å². The predicted molar refractivity (Wildman–Crippen MR) is 40.3 cm³/mol. The molecule has 2 atom stereocenters. The first-order valence-corrected chi connectivity index (χ1v) is 3.45. The van der Waals surface area contributed by atoms with Crippen LogP contribution in [0.1, 0.15) is 6.42 Å². The van der Waals surface area contributed by atoms with Crippen LogP contribution in [0.15, 0.2) is 0 Å². The van der Waals surface area contributed by atoms with Crippen molar-refractivity contribution < 1.29 is 18.3 Å². The van der Waals surface area contributed by atoms with E-state index >= 15 is 0 Å². The number of rotatable bonds is 0. The van der Waals surface area contributed by atoms with Crippen molar-refractivity contribution in [2.75, 3.05) is 13.1 Å². The highest BCUT2D eigenvalue weighted by molar-refractivity contribution is 5.85. The molecule has 2 nitrogen and oxygen atoms in total. The zero-order chi connectivity index (χ0) is 8.48. The van der Waals surface area contributed by atoms with E-state index in [-0.39, 0.29) is 31.9 Å². The molecule has 0 aromatic carbocycles. The second-order valence-electron chi connectivity index (χ2n) is 2.79. The predicted octanol–water partition coefficient (Wildman–Crippen LogP) is 0.941. The quantitative estimate of drug-likeness (QED) is 0.617. The molecule has 1 fully saturated rings. The molecule has 0 aromatic rings. The molecular formula is C6H11ClF3NO. The van der Waals surface area contributed by atoms with E-state index < -0.39 is 18.2 Å². The Morgan fingerprint density at radius 2 is 1.83 bits per heavy atom. The summed E-state index contributed by atoms with van der Waals surface area (Å²) >= 11 is 0. The lowest BCUT2D eigenvalue weighted by molar-refractivity contribution is -0.185. The minimum atomic E-state index is -4.17. The average Bonchev–Trinajstić information content (AvgIpc) is 1.86. The molecule has 1 heterocycles. The van der Waals surface area contributed by atoms with Gasteiger partial charge in [-0.05, 0) is 6.42 Å². The van der Waals surface area contributed by atoms with Crippen molar-refractivity contribution in [1.82, 2.24) is 5.32 Å². The van der Waals surface area contributed by atoms with Crippen LogP contribution in [0.25, 0.3) is 0 Å². The fraction of sp³-hybridized carbons (Fsp3) is 1.00. The summed E-state index contributed by atoms with van der Waals surface area (Å²) in [4.78, 5) is 0. The SMILES string of the molecule is Cl.O[C@@H]1CNC[C@@H](C(F)(F)F)C1. The second kappa shape index (κ2) is 4.30. The molecule has 0 bridgehead atoms. The van der Waals surface area contributed by atoms with E-state index in [1.165, 1.54) is 0 Å². The molecule has 1 rings (SSSR count). The Balaban J connectivity index is 0.00000121. The third-order valence-electron chi connectivity index (χ3n) is 1.79. The molecule has 0 amide bonds. The molecule has 1 aliphatic rings. The topological polar surface area (TPSA) is 32.3 Å². The van der Waals surface area contributed by atoms with Crippen LogP contribution in [-0.4, -0.2) is 30.5 Å². The number of hydrogen-bond donors (Lipinski definition) is 2. The van der Waals surface area contributed by atoms with Gasteiger partial charge in [0.15, 0.2) is 0 Å². The first-order chi connectivity index (χ1) is 5.00. The normalized spacial score (nSPS) is 31.0. The smallest absolute Gasteiger partial charge is 0.392 e. The standard InChI is InChI=1S/C6H10F3NO.ClH/c7-6(8,9)4-1-5(11)3-10-2-4;/h4-5,10-11H,1-3H2;1H/t4-,5-;/m0./s1. The molecule has 12 heavy (non-hydrogen) atoms. The van der Waals surface area contributed by atoms with Crippen LogP contribution in [0.2, 0.25) is 0 Å². The molecule has 1 saturated heterocycles. The van der Waals surface area contributed by atoms with Crippen molar-refractivity contribution in [3.05, 3.63) is 0 Å². The van der Waals surface area contributed by atoms with Crippen molar-refractivity contribution in [3.63, 3.8) is 0 Å². The number of halogens is 4. The van der Waals surface area contributed by atoms with Gasteiger partial charge in [0, 0.05) is 13.1 Å². The second-order valence-corrected chi connectivity index (χ2v) is 2.79. The summed E-state index contributed by atoms with van der Waals surface area (Å²) in [5.74, 6) is -1.38. The van der Waals surface area contributed by atoms with Crippen molar-refractivity contribution in [2.24, 2.45) is 5.92 Å². The molecule has 2 N–H and O–H groups in total. The third-order valence-corrected chi connectivity index (χ3v) is 1.79. The summed E-state index contributed by atoms with van der Waals surface area (Å²) in [5, 5.41) is 11.4. The maximum atomic E-state index is 12.0. The number of alkyl halides is 3. The van der Waals surface area contributed by atoms with Gasteiger partial charge >= 0.3 is 6.18 Å². The van der Waals surface area contributed by atoms with E-state index in [0.29, 0.717) is 0 Å². The van der Waals surface area contributed by atoms with E-state index in [1.807, 2.05) is 0 Å². The Hall–Kier alpha value is -0.0000000000000000555. The van der Waals surface area contributed by atoms with Gasteiger partial charge in [-0.2, -0.15) is 13.2 Å². The van der Waals surface area contributed by atoms with Crippen LogP contribution < -0.4 is 5.32 Å². The van der Waals surface area contributed by atoms with E-state index in [2.05, 4.69) is 5.32 Å². The number of β-amino-alcohol motifs (C(OH)–C–C–N with tert-alkyl or cyclic N) is 1. The molecule has 0 spiro atoms. The Morgan fingerprint density at radius 3 is 2.17 bits per heavy atom. The van der Waals surface area contributed by atoms with Gasteiger partial charge in [-0.15, -0.1) is 12.4 Å². The zero-order valence-corrected chi connectivity index (χ0v) is 7.08. The molecule has 0 unspecified atom stereocenters. The summed E-state index contributed by atoms with van der Waals surface area (Å²) in [6.45, 7) is 0.202. The largest absolute Gasteiger partial charge is 0.393 e. The van der Waals surface area contributed by atoms with Crippen LogP contribution >= 0.6 is 12.4 Å². The van der Waals surface area contributed by atoms with Gasteiger partial charge in [0.25, 0.3) is 0 Å². The lowest BCUT2D eigenvalue weighted by Crippen LogP contribution is -2.45. The molecule has 0 aromatic heterocycles. The molecule has 0 saturated carbocycles. The van der Waals surface area contributed by atoms with Crippen LogP contribution in [-0.2, 0) is 0 Å². The summed E-state index contributed by atoms with van der Waals surface area (Å²) in [5.41, 5.74) is 0. The molecule has 6 heteroatoms. The van der Waals surface area contributed by atoms with Gasteiger partial charge in [-0.3, -0.25) is 0 Å². The molecule has 74 valence electrons. The lowest BCUT2D eigenvalue weighted by Gasteiger charge is -2.28. The van der Waals surface area contributed by atoms with E-state index in [0.717, 1.165) is 0 Å². The first kappa shape index (κ1) is 12.0. The number of hydrogen-bond acceptors (Lipinski definition) is 2. The molecular weight excluding hydrogens is 195 g/mol. The van der Waals surface area contributed by atoms with Crippen LogP contribution in [0.4, 0.5) is 13.2 Å². The zero-order valence-electron chi connectivity index (χ0n) is 6.27. The Kier molecular flexibility index (Phi) is 4.30. The van der Waals surface area contributed by atoms with Crippen molar-refractivity contribution in [1.29, 1.82) is 0 Å². The van der Waals surface area contributed by atoms with Crippen molar-refractivity contribution in [2.45, 2.75) is 18.7 Å². The summed E-state index contributed by atoms with van der Waals surface area (Å²) in [7, 11) is 0. The fourth-order valence-electron chi connectivity index (χ4n) is 1.17. The van der Waals surface area contributed by atoms with E-state index in [4.69, 9.17) is 5.11 Å². The third kappa shape index (κ3) is 3.16. The van der Waals surface area contributed by atoms with Gasteiger partial charge in [0.2, 0.25) is 0 Å². The van der Waals surface area contributed by atoms with E-state index in [9.17, 15) is 13.2 Å².